The summed E-state index contributed by atoms with van der Waals surface area (Å²) in [5.74, 6) is 1.39. The van der Waals surface area contributed by atoms with Crippen LogP contribution in [0, 0.1) is 0 Å². The van der Waals surface area contributed by atoms with Crippen molar-refractivity contribution in [3.63, 3.8) is 0 Å². The van der Waals surface area contributed by atoms with Gasteiger partial charge in [-0.25, -0.2) is 9.97 Å². The second kappa shape index (κ2) is 8.84. The van der Waals surface area contributed by atoms with Crippen molar-refractivity contribution in [2.75, 3.05) is 7.11 Å². The molecule has 27 heavy (non-hydrogen) atoms. The van der Waals surface area contributed by atoms with Crippen LogP contribution in [0.15, 0.2) is 48.5 Å². The molecule has 3 rings (SSSR count). The van der Waals surface area contributed by atoms with Crippen molar-refractivity contribution < 1.29 is 22.3 Å². The molecular weight excluding hydrogens is 372 g/mol. The van der Waals surface area contributed by atoms with E-state index in [0.29, 0.717) is 5.82 Å². The minimum absolute atomic E-state index is 0.285. The molecule has 9 nitrogen and oxygen atoms in total. The molecule has 0 aliphatic heterocycles. The molecule has 1 aromatic heterocycles. The highest BCUT2D eigenvalue weighted by Gasteiger charge is 2.16. The molecule has 144 valence electrons. The fraction of sp³-hybridized carbons (Fsp3) is 0.176. The number of nitrogens with zero attached hydrogens (tertiary/aromatic N) is 2. The first-order valence-corrected chi connectivity index (χ1v) is 9.17. The van der Waals surface area contributed by atoms with Gasteiger partial charge >= 0.3 is 10.4 Å². The first kappa shape index (κ1) is 20.7. The van der Waals surface area contributed by atoms with Gasteiger partial charge in [0.1, 0.15) is 11.6 Å². The lowest BCUT2D eigenvalue weighted by molar-refractivity contribution is 0.381. The number of aromatic nitrogens is 2. The van der Waals surface area contributed by atoms with Crippen LogP contribution < -0.4 is 16.2 Å². The number of hydrogen-bond acceptors (Lipinski definition) is 7. The number of fused-ring (bicyclic) bond motifs is 1. The van der Waals surface area contributed by atoms with E-state index in [9.17, 15) is 0 Å². The van der Waals surface area contributed by atoms with Crippen molar-refractivity contribution >= 4 is 21.3 Å². The van der Waals surface area contributed by atoms with Crippen LogP contribution in [-0.4, -0.2) is 34.6 Å². The molecule has 6 N–H and O–H groups in total. The molecule has 2 aromatic carbocycles. The van der Waals surface area contributed by atoms with Gasteiger partial charge in [-0.2, -0.15) is 8.42 Å². The van der Waals surface area contributed by atoms with Crippen LogP contribution in [0.1, 0.15) is 23.1 Å². The molecule has 0 fully saturated rings. The van der Waals surface area contributed by atoms with Gasteiger partial charge in [0.2, 0.25) is 0 Å². The largest absolute Gasteiger partial charge is 0.497 e. The van der Waals surface area contributed by atoms with Crippen molar-refractivity contribution in [1.29, 1.82) is 0 Å². The summed E-state index contributed by atoms with van der Waals surface area (Å²) in [5, 5.41) is 0.947. The Labute approximate surface area is 156 Å². The Bertz CT molecular complexity index is 1000. The summed E-state index contributed by atoms with van der Waals surface area (Å²) in [4.78, 5) is 8.99. The highest BCUT2D eigenvalue weighted by Crippen LogP contribution is 2.26. The van der Waals surface area contributed by atoms with Crippen molar-refractivity contribution in [2.45, 2.75) is 12.6 Å². The van der Waals surface area contributed by atoms with E-state index in [1.54, 1.807) is 7.11 Å². The number of nitrogens with two attached hydrogens (primary N) is 2. The molecule has 1 heterocycles. The molecule has 0 saturated heterocycles. The number of para-hydroxylation sites is 1. The average molecular weight is 392 g/mol. The Morgan fingerprint density at radius 2 is 1.67 bits per heavy atom. The highest BCUT2D eigenvalue weighted by molar-refractivity contribution is 7.79. The van der Waals surface area contributed by atoms with Gasteiger partial charge in [-0.05, 0) is 23.8 Å². The number of methoxy groups -OCH3 is 1. The van der Waals surface area contributed by atoms with Crippen LogP contribution in [0.25, 0.3) is 10.9 Å². The van der Waals surface area contributed by atoms with Crippen LogP contribution in [0.4, 0.5) is 0 Å². The lowest BCUT2D eigenvalue weighted by Gasteiger charge is -2.15. The van der Waals surface area contributed by atoms with E-state index >= 15 is 0 Å². The summed E-state index contributed by atoms with van der Waals surface area (Å²) >= 11 is 0. The SMILES string of the molecule is COc1ccc(C(N)c2nc(CN)nc3ccccc23)cc1.O=S(=O)(O)O. The van der Waals surface area contributed by atoms with Crippen LogP contribution in [-0.2, 0) is 16.9 Å². The first-order chi connectivity index (χ1) is 12.7. The molecule has 0 aliphatic rings. The Hall–Kier alpha value is -2.63. The maximum Gasteiger partial charge on any atom is 0.394 e. The predicted octanol–water partition coefficient (Wildman–Crippen LogP) is 1.49. The van der Waals surface area contributed by atoms with E-state index in [1.165, 1.54) is 0 Å². The van der Waals surface area contributed by atoms with Gasteiger partial charge in [-0.1, -0.05) is 30.3 Å². The van der Waals surface area contributed by atoms with E-state index in [4.69, 9.17) is 33.7 Å². The van der Waals surface area contributed by atoms with Crippen LogP contribution >= 0.6 is 0 Å². The first-order valence-electron chi connectivity index (χ1n) is 7.78. The topological polar surface area (TPSA) is 162 Å². The van der Waals surface area contributed by atoms with Crippen LogP contribution in [0.3, 0.4) is 0 Å². The number of rotatable bonds is 4. The average Bonchev–Trinajstić information content (AvgIpc) is 2.65. The Morgan fingerprint density at radius 3 is 2.22 bits per heavy atom. The molecule has 3 aromatic rings. The van der Waals surface area contributed by atoms with E-state index < -0.39 is 10.4 Å². The van der Waals surface area contributed by atoms with Crippen LogP contribution in [0.5, 0.6) is 5.75 Å². The third-order valence-corrected chi connectivity index (χ3v) is 3.63. The van der Waals surface area contributed by atoms with Gasteiger partial charge in [0, 0.05) is 5.39 Å². The van der Waals surface area contributed by atoms with E-state index in [1.807, 2.05) is 48.5 Å². The quantitative estimate of drug-likeness (QED) is 0.482. The zero-order valence-corrected chi connectivity index (χ0v) is 15.3. The zero-order valence-electron chi connectivity index (χ0n) is 14.5. The lowest BCUT2D eigenvalue weighted by Crippen LogP contribution is -2.16. The van der Waals surface area contributed by atoms with Gasteiger partial charge < -0.3 is 16.2 Å². The second-order valence-electron chi connectivity index (χ2n) is 5.45. The summed E-state index contributed by atoms with van der Waals surface area (Å²) < 4.78 is 36.8. The molecule has 1 unspecified atom stereocenters. The highest BCUT2D eigenvalue weighted by atomic mass is 32.3. The third-order valence-electron chi connectivity index (χ3n) is 3.63. The normalized spacial score (nSPS) is 12.2. The molecule has 0 amide bonds. The lowest BCUT2D eigenvalue weighted by atomic mass is 10.0. The number of ether oxygens (including phenoxy) is 1. The van der Waals surface area contributed by atoms with Crippen molar-refractivity contribution in [3.8, 4) is 5.75 Å². The Kier molecular flexibility index (Phi) is 6.77. The van der Waals surface area contributed by atoms with Crippen molar-refractivity contribution in [1.82, 2.24) is 9.97 Å². The predicted molar refractivity (Wildman–Crippen MR) is 101 cm³/mol. The maximum atomic E-state index is 8.74. The summed E-state index contributed by atoms with van der Waals surface area (Å²) in [6, 6.07) is 15.2. The van der Waals surface area contributed by atoms with Gasteiger partial charge in [0.05, 0.1) is 30.9 Å². The number of hydrogen-bond donors (Lipinski definition) is 4. The summed E-state index contributed by atoms with van der Waals surface area (Å²) in [5.41, 5.74) is 14.7. The molecule has 0 bridgehead atoms. The van der Waals surface area contributed by atoms with Gasteiger partial charge in [-0.3, -0.25) is 9.11 Å². The summed E-state index contributed by atoms with van der Waals surface area (Å²) in [6.07, 6.45) is 0. The Balaban J connectivity index is 0.000000465. The third kappa shape index (κ3) is 5.94. The molecule has 10 heteroatoms. The molecule has 0 saturated carbocycles. The van der Waals surface area contributed by atoms with Gasteiger partial charge in [0.25, 0.3) is 0 Å². The Morgan fingerprint density at radius 1 is 1.07 bits per heavy atom. The minimum atomic E-state index is -4.67. The van der Waals surface area contributed by atoms with Gasteiger partial charge in [0.15, 0.2) is 0 Å². The maximum absolute atomic E-state index is 8.74. The molecule has 0 aliphatic carbocycles. The fourth-order valence-electron chi connectivity index (χ4n) is 2.45. The molecular formula is C17H20N4O5S. The van der Waals surface area contributed by atoms with E-state index in [-0.39, 0.29) is 12.6 Å². The van der Waals surface area contributed by atoms with Crippen LogP contribution in [0.2, 0.25) is 0 Å². The monoisotopic (exact) mass is 392 g/mol. The van der Waals surface area contributed by atoms with Crippen molar-refractivity contribution in [2.24, 2.45) is 11.5 Å². The smallest absolute Gasteiger partial charge is 0.394 e. The summed E-state index contributed by atoms with van der Waals surface area (Å²) in [6.45, 7) is 0.285. The minimum Gasteiger partial charge on any atom is -0.497 e. The van der Waals surface area contributed by atoms with E-state index in [0.717, 1.165) is 27.9 Å². The standard InChI is InChI=1S/C17H18N4O.H2O4S/c1-22-12-8-6-11(7-9-12)16(19)17-13-4-2-3-5-14(13)20-15(10-18)21-17;1-5(2,3)4/h2-9,16H,10,18-19H2,1H3;(H2,1,2,3,4). The molecule has 0 radical (unpaired) electrons. The number of benzene rings is 2. The second-order valence-corrected chi connectivity index (χ2v) is 6.34. The summed E-state index contributed by atoms with van der Waals surface area (Å²) in [7, 11) is -3.03. The van der Waals surface area contributed by atoms with Gasteiger partial charge in [-0.15, -0.1) is 0 Å². The zero-order chi connectivity index (χ0) is 20.0. The van der Waals surface area contributed by atoms with Crippen molar-refractivity contribution in [3.05, 3.63) is 65.6 Å². The fourth-order valence-corrected chi connectivity index (χ4v) is 2.45. The molecule has 0 spiro atoms. The molecule has 1 atom stereocenters. The van der Waals surface area contributed by atoms with E-state index in [2.05, 4.69) is 9.97 Å².